The summed E-state index contributed by atoms with van der Waals surface area (Å²) in [5, 5.41) is 3.95. The van der Waals surface area contributed by atoms with E-state index in [1.807, 2.05) is 54.9 Å². The van der Waals surface area contributed by atoms with Crippen LogP contribution in [0.3, 0.4) is 0 Å². The Bertz CT molecular complexity index is 610. The van der Waals surface area contributed by atoms with Gasteiger partial charge in [0.05, 0.1) is 12.8 Å². The van der Waals surface area contributed by atoms with Crippen molar-refractivity contribution in [2.45, 2.75) is 19.9 Å². The average molecular weight is 298 g/mol. The van der Waals surface area contributed by atoms with Crippen molar-refractivity contribution in [3.63, 3.8) is 0 Å². The minimum atomic E-state index is -0.171. The summed E-state index contributed by atoms with van der Waals surface area (Å²) < 4.78 is 7.28. The van der Waals surface area contributed by atoms with Crippen LogP contribution in [0.25, 0.3) is 0 Å². The number of pyridine rings is 1. The van der Waals surface area contributed by atoms with E-state index in [0.29, 0.717) is 6.61 Å². The van der Waals surface area contributed by atoms with Gasteiger partial charge in [0, 0.05) is 12.1 Å². The molecule has 5 nitrogen and oxygen atoms in total. The Hall–Kier alpha value is -2.69. The quantitative estimate of drug-likeness (QED) is 0.482. The third-order valence-electron chi connectivity index (χ3n) is 2.86. The molecule has 0 radical (unpaired) electrons. The van der Waals surface area contributed by atoms with Crippen LogP contribution in [0.15, 0.2) is 60.0 Å². The number of aromatic nitrogens is 1. The van der Waals surface area contributed by atoms with Crippen molar-refractivity contribution in [1.29, 1.82) is 0 Å². The summed E-state index contributed by atoms with van der Waals surface area (Å²) in [6.07, 6.45) is 6.25. The van der Waals surface area contributed by atoms with Crippen molar-refractivity contribution < 1.29 is 14.1 Å². The van der Waals surface area contributed by atoms with Gasteiger partial charge in [0.15, 0.2) is 12.4 Å². The molecule has 1 N–H and O–H groups in total. The van der Waals surface area contributed by atoms with Gasteiger partial charge in [-0.25, -0.2) is 5.43 Å². The predicted molar refractivity (Wildman–Crippen MR) is 84.6 cm³/mol. The highest BCUT2D eigenvalue weighted by molar-refractivity contribution is 5.82. The number of benzene rings is 1. The molecule has 0 saturated carbocycles. The topological polar surface area (TPSA) is 54.6 Å². The zero-order valence-electron chi connectivity index (χ0n) is 12.6. The van der Waals surface area contributed by atoms with Gasteiger partial charge < -0.3 is 4.74 Å². The van der Waals surface area contributed by atoms with Crippen molar-refractivity contribution in [3.8, 4) is 5.75 Å². The molecule has 5 heteroatoms. The van der Waals surface area contributed by atoms with Crippen molar-refractivity contribution >= 4 is 12.1 Å². The molecule has 0 aliphatic carbocycles. The number of hydrazone groups is 1. The first-order chi connectivity index (χ1) is 10.8. The molecule has 114 valence electrons. The van der Waals surface area contributed by atoms with E-state index in [1.165, 1.54) is 0 Å². The van der Waals surface area contributed by atoms with Crippen molar-refractivity contribution in [3.05, 3.63) is 60.4 Å². The summed E-state index contributed by atoms with van der Waals surface area (Å²) in [5.74, 6) is 0.666. The second-order valence-corrected chi connectivity index (χ2v) is 4.76. The predicted octanol–water partition coefficient (Wildman–Crippen LogP) is 1.91. The van der Waals surface area contributed by atoms with Crippen LogP contribution in [0.2, 0.25) is 0 Å². The molecule has 1 aromatic heterocycles. The smallest absolute Gasteiger partial charge is 0.305 e. The molecule has 22 heavy (non-hydrogen) atoms. The molecule has 1 amide bonds. The molecule has 0 bridgehead atoms. The monoisotopic (exact) mass is 298 g/mol. The number of ether oxygens (including phenoxy) is 1. The molecule has 0 spiro atoms. The number of nitrogens with one attached hydrogen (secondary N) is 1. The molecule has 0 atom stereocenters. The van der Waals surface area contributed by atoms with E-state index < -0.39 is 0 Å². The van der Waals surface area contributed by atoms with Gasteiger partial charge in [-0.05, 0) is 36.2 Å². The first-order valence-electron chi connectivity index (χ1n) is 7.27. The van der Waals surface area contributed by atoms with E-state index in [1.54, 1.807) is 10.8 Å². The maximum Gasteiger partial charge on any atom is 0.305 e. The molecular weight excluding hydrogens is 278 g/mol. The molecule has 0 fully saturated rings. The van der Waals surface area contributed by atoms with Crippen molar-refractivity contribution in [2.24, 2.45) is 5.10 Å². The van der Waals surface area contributed by atoms with E-state index in [2.05, 4.69) is 17.5 Å². The normalized spacial score (nSPS) is 10.6. The minimum Gasteiger partial charge on any atom is -0.494 e. The van der Waals surface area contributed by atoms with Crippen LogP contribution in [0.1, 0.15) is 18.9 Å². The SMILES string of the molecule is CCCOc1ccc(C=NNC(=O)C[n+]2ccccc2)cc1. The van der Waals surface area contributed by atoms with Gasteiger partial charge in [0.2, 0.25) is 6.54 Å². The van der Waals surface area contributed by atoms with Crippen LogP contribution in [-0.4, -0.2) is 18.7 Å². The molecule has 2 rings (SSSR count). The second-order valence-electron chi connectivity index (χ2n) is 4.76. The highest BCUT2D eigenvalue weighted by Crippen LogP contribution is 2.11. The number of carbonyl (C=O) groups is 1. The zero-order chi connectivity index (χ0) is 15.6. The molecule has 1 aromatic carbocycles. The largest absolute Gasteiger partial charge is 0.494 e. The Morgan fingerprint density at radius 1 is 1.23 bits per heavy atom. The van der Waals surface area contributed by atoms with E-state index in [4.69, 9.17) is 4.74 Å². The Morgan fingerprint density at radius 2 is 1.95 bits per heavy atom. The van der Waals surface area contributed by atoms with Crippen LogP contribution >= 0.6 is 0 Å². The summed E-state index contributed by atoms with van der Waals surface area (Å²) in [6, 6.07) is 13.2. The number of hydrogen-bond acceptors (Lipinski definition) is 3. The Kier molecular flexibility index (Phi) is 6.11. The maximum atomic E-state index is 11.7. The number of hydrogen-bond donors (Lipinski definition) is 1. The maximum absolute atomic E-state index is 11.7. The van der Waals surface area contributed by atoms with Gasteiger partial charge in [0.25, 0.3) is 0 Å². The highest BCUT2D eigenvalue weighted by atomic mass is 16.5. The molecular formula is C17H20N3O2+. The third kappa shape index (κ3) is 5.36. The molecule has 2 aromatic rings. The number of nitrogens with zero attached hydrogens (tertiary/aromatic N) is 2. The van der Waals surface area contributed by atoms with Crippen LogP contribution < -0.4 is 14.7 Å². The summed E-state index contributed by atoms with van der Waals surface area (Å²) >= 11 is 0. The fourth-order valence-electron chi connectivity index (χ4n) is 1.79. The lowest BCUT2D eigenvalue weighted by atomic mass is 10.2. The van der Waals surface area contributed by atoms with Crippen LogP contribution in [0.5, 0.6) is 5.75 Å². The molecule has 0 saturated heterocycles. The Balaban J connectivity index is 1.80. The standard InChI is InChI=1S/C17H19N3O2/c1-2-12-22-16-8-6-15(7-9-16)13-18-19-17(21)14-20-10-4-3-5-11-20/h3-11,13H,2,12,14H2,1H3/p+1. The lowest BCUT2D eigenvalue weighted by Crippen LogP contribution is -2.40. The van der Waals surface area contributed by atoms with Gasteiger partial charge in [-0.15, -0.1) is 0 Å². The van der Waals surface area contributed by atoms with Crippen molar-refractivity contribution in [1.82, 2.24) is 5.43 Å². The van der Waals surface area contributed by atoms with Gasteiger partial charge in [-0.2, -0.15) is 9.67 Å². The second kappa shape index (κ2) is 8.56. The lowest BCUT2D eigenvalue weighted by molar-refractivity contribution is -0.684. The molecule has 0 unspecified atom stereocenters. The van der Waals surface area contributed by atoms with Crippen LogP contribution in [0, 0.1) is 0 Å². The van der Waals surface area contributed by atoms with Gasteiger partial charge in [0.1, 0.15) is 5.75 Å². The Morgan fingerprint density at radius 3 is 2.64 bits per heavy atom. The van der Waals surface area contributed by atoms with Crippen LogP contribution in [-0.2, 0) is 11.3 Å². The van der Waals surface area contributed by atoms with E-state index in [9.17, 15) is 4.79 Å². The number of amides is 1. The van der Waals surface area contributed by atoms with E-state index in [0.717, 1.165) is 17.7 Å². The first kappa shape index (κ1) is 15.7. The highest BCUT2D eigenvalue weighted by Gasteiger charge is 2.06. The third-order valence-corrected chi connectivity index (χ3v) is 2.86. The average Bonchev–Trinajstić information content (AvgIpc) is 2.55. The van der Waals surface area contributed by atoms with Gasteiger partial charge in [-0.3, -0.25) is 4.79 Å². The van der Waals surface area contributed by atoms with E-state index in [-0.39, 0.29) is 12.5 Å². The molecule has 0 aliphatic heterocycles. The van der Waals surface area contributed by atoms with Gasteiger partial charge >= 0.3 is 5.91 Å². The van der Waals surface area contributed by atoms with Crippen LogP contribution in [0.4, 0.5) is 0 Å². The lowest BCUT2D eigenvalue weighted by Gasteiger charge is -2.03. The summed E-state index contributed by atoms with van der Waals surface area (Å²) in [4.78, 5) is 11.7. The molecule has 1 heterocycles. The van der Waals surface area contributed by atoms with E-state index >= 15 is 0 Å². The Labute approximate surface area is 130 Å². The van der Waals surface area contributed by atoms with Crippen molar-refractivity contribution in [2.75, 3.05) is 6.61 Å². The summed E-state index contributed by atoms with van der Waals surface area (Å²) in [5.41, 5.74) is 3.41. The first-order valence-corrected chi connectivity index (χ1v) is 7.27. The number of rotatable bonds is 7. The fourth-order valence-corrected chi connectivity index (χ4v) is 1.79. The summed E-state index contributed by atoms with van der Waals surface area (Å²) in [7, 11) is 0. The van der Waals surface area contributed by atoms with Gasteiger partial charge in [-0.1, -0.05) is 13.0 Å². The number of carbonyl (C=O) groups excluding carboxylic acids is 1. The molecule has 0 aliphatic rings. The fraction of sp³-hybridized carbons (Fsp3) is 0.235. The summed E-state index contributed by atoms with van der Waals surface area (Å²) in [6.45, 7) is 3.01. The zero-order valence-corrected chi connectivity index (χ0v) is 12.6. The minimum absolute atomic E-state index is 0.171.